The van der Waals surface area contributed by atoms with Crippen LogP contribution in [-0.2, 0) is 19.1 Å². The summed E-state index contributed by atoms with van der Waals surface area (Å²) in [5.41, 5.74) is 0.847. The van der Waals surface area contributed by atoms with Crippen LogP contribution in [-0.4, -0.2) is 50.4 Å². The number of alkyl halides is 2. The minimum absolute atomic E-state index is 0.106. The average molecular weight is 556 g/mol. The first kappa shape index (κ1) is 22.5. The highest BCUT2D eigenvalue weighted by molar-refractivity contribution is 9.12. The SMILES string of the molecule is CC(C)OC(=O)c1ccc(NC(=O)[C@H](C)N2C(=O)[C@@H]3[C@H]4C[C@@H]([C@H](Br)[C@@H]4Br)[C@@H]3C2=O)cc1. The first-order chi connectivity index (χ1) is 14.6. The Hall–Kier alpha value is -1.74. The van der Waals surface area contributed by atoms with Gasteiger partial charge in [0, 0.05) is 15.3 Å². The molecule has 1 aromatic carbocycles. The van der Waals surface area contributed by atoms with E-state index in [1.165, 1.54) is 0 Å². The number of amides is 3. The van der Waals surface area contributed by atoms with Crippen molar-refractivity contribution in [2.45, 2.75) is 49.0 Å². The Morgan fingerprint density at radius 2 is 1.52 bits per heavy atom. The predicted octanol–water partition coefficient (Wildman–Crippen LogP) is 3.36. The smallest absolute Gasteiger partial charge is 0.338 e. The Morgan fingerprint density at radius 1 is 1.00 bits per heavy atom. The van der Waals surface area contributed by atoms with Crippen molar-refractivity contribution in [3.63, 3.8) is 0 Å². The monoisotopic (exact) mass is 554 g/mol. The van der Waals surface area contributed by atoms with Crippen molar-refractivity contribution in [3.8, 4) is 0 Å². The van der Waals surface area contributed by atoms with Gasteiger partial charge in [-0.2, -0.15) is 0 Å². The Labute approximate surface area is 197 Å². The molecule has 0 spiro atoms. The van der Waals surface area contributed by atoms with Crippen molar-refractivity contribution in [2.24, 2.45) is 23.7 Å². The van der Waals surface area contributed by atoms with Crippen LogP contribution in [0, 0.1) is 23.7 Å². The van der Waals surface area contributed by atoms with Gasteiger partial charge in [0.1, 0.15) is 6.04 Å². The minimum atomic E-state index is -0.918. The Balaban J connectivity index is 1.44. The van der Waals surface area contributed by atoms with Gasteiger partial charge in [-0.15, -0.1) is 0 Å². The molecule has 3 amide bonds. The summed E-state index contributed by atoms with van der Waals surface area (Å²) in [5, 5.41) is 2.73. The number of nitrogens with zero attached hydrogens (tertiary/aromatic N) is 1. The summed E-state index contributed by atoms with van der Waals surface area (Å²) in [5.74, 6) is -1.87. The van der Waals surface area contributed by atoms with Gasteiger partial charge < -0.3 is 10.1 Å². The molecular formula is C22H24Br2N2O5. The lowest BCUT2D eigenvalue weighted by atomic mass is 9.81. The number of ether oxygens (including phenoxy) is 1. The van der Waals surface area contributed by atoms with Crippen LogP contribution >= 0.6 is 31.9 Å². The molecule has 9 heteroatoms. The molecule has 2 bridgehead atoms. The molecule has 1 saturated heterocycles. The van der Waals surface area contributed by atoms with Gasteiger partial charge in [0.2, 0.25) is 17.7 Å². The third-order valence-corrected chi connectivity index (χ3v) is 9.73. The normalized spacial score (nSPS) is 32.4. The average Bonchev–Trinajstić information content (AvgIpc) is 3.32. The summed E-state index contributed by atoms with van der Waals surface area (Å²) in [6, 6.07) is 5.39. The number of carbonyl (C=O) groups excluding carboxylic acids is 4. The first-order valence-corrected chi connectivity index (χ1v) is 12.2. The van der Waals surface area contributed by atoms with Crippen LogP contribution in [0.25, 0.3) is 0 Å². The number of halogens is 2. The van der Waals surface area contributed by atoms with Crippen LogP contribution in [0.4, 0.5) is 5.69 Å². The van der Waals surface area contributed by atoms with Crippen LogP contribution in [0.15, 0.2) is 24.3 Å². The molecule has 166 valence electrons. The zero-order valence-electron chi connectivity index (χ0n) is 17.4. The van der Waals surface area contributed by atoms with Gasteiger partial charge in [0.05, 0.1) is 23.5 Å². The van der Waals surface area contributed by atoms with E-state index in [-0.39, 0.29) is 51.2 Å². The number of likely N-dealkylation sites (tertiary alicyclic amines) is 1. The molecule has 0 unspecified atom stereocenters. The van der Waals surface area contributed by atoms with Gasteiger partial charge >= 0.3 is 5.97 Å². The molecule has 3 fully saturated rings. The zero-order valence-corrected chi connectivity index (χ0v) is 20.6. The summed E-state index contributed by atoms with van der Waals surface area (Å²) >= 11 is 7.33. The number of imide groups is 1. The van der Waals surface area contributed by atoms with Gasteiger partial charge in [-0.25, -0.2) is 4.79 Å². The van der Waals surface area contributed by atoms with Gasteiger partial charge in [0.15, 0.2) is 0 Å². The number of esters is 1. The number of carbonyl (C=O) groups is 4. The molecule has 1 heterocycles. The van der Waals surface area contributed by atoms with Crippen LogP contribution in [0.1, 0.15) is 37.6 Å². The zero-order chi connectivity index (χ0) is 22.6. The van der Waals surface area contributed by atoms with E-state index in [1.54, 1.807) is 45.0 Å². The fraction of sp³-hybridized carbons (Fsp3) is 0.545. The number of nitrogens with one attached hydrogen (secondary N) is 1. The molecule has 31 heavy (non-hydrogen) atoms. The minimum Gasteiger partial charge on any atom is -0.459 e. The number of hydrogen-bond acceptors (Lipinski definition) is 5. The van der Waals surface area contributed by atoms with E-state index in [1.807, 2.05) is 0 Å². The number of hydrogen-bond donors (Lipinski definition) is 1. The van der Waals surface area contributed by atoms with Crippen LogP contribution in [0.2, 0.25) is 0 Å². The van der Waals surface area contributed by atoms with E-state index < -0.39 is 17.9 Å². The maximum absolute atomic E-state index is 13.1. The van der Waals surface area contributed by atoms with Crippen LogP contribution < -0.4 is 5.32 Å². The van der Waals surface area contributed by atoms with Crippen molar-refractivity contribution < 1.29 is 23.9 Å². The van der Waals surface area contributed by atoms with E-state index in [9.17, 15) is 19.2 Å². The van der Waals surface area contributed by atoms with Gasteiger partial charge in [0.25, 0.3) is 0 Å². The van der Waals surface area contributed by atoms with Gasteiger partial charge in [-0.05, 0) is 63.3 Å². The highest BCUT2D eigenvalue weighted by Gasteiger charge is 2.67. The molecule has 1 N–H and O–H groups in total. The van der Waals surface area contributed by atoms with E-state index >= 15 is 0 Å². The van der Waals surface area contributed by atoms with Gasteiger partial charge in [-0.3, -0.25) is 19.3 Å². The van der Waals surface area contributed by atoms with Crippen molar-refractivity contribution in [3.05, 3.63) is 29.8 Å². The molecule has 1 aliphatic heterocycles. The Bertz CT molecular complexity index is 902. The van der Waals surface area contributed by atoms with E-state index in [2.05, 4.69) is 37.2 Å². The Morgan fingerprint density at radius 3 is 2.00 bits per heavy atom. The topological polar surface area (TPSA) is 92.8 Å². The standard InChI is InChI=1S/C22H24Br2N2O5/c1-9(2)31-22(30)11-4-6-12(7-5-11)25-19(27)10(3)26-20(28)15-13-8-14(16(15)21(26)29)18(24)17(13)23/h4-7,9-10,13-18H,8H2,1-3H3,(H,25,27)/t10-,13+,14+,15-,16+,17-,18+/m0/s1. The molecular weight excluding hydrogens is 532 g/mol. The van der Waals surface area contributed by atoms with Crippen molar-refractivity contribution >= 4 is 61.2 Å². The third kappa shape index (κ3) is 3.73. The molecule has 0 radical (unpaired) electrons. The maximum Gasteiger partial charge on any atom is 0.338 e. The van der Waals surface area contributed by atoms with E-state index in [0.717, 1.165) is 11.3 Å². The molecule has 0 aromatic heterocycles. The summed E-state index contributed by atoms with van der Waals surface area (Å²) in [7, 11) is 0. The fourth-order valence-corrected chi connectivity index (χ4v) is 6.96. The van der Waals surface area contributed by atoms with E-state index in [0.29, 0.717) is 11.3 Å². The summed E-state index contributed by atoms with van der Waals surface area (Å²) in [4.78, 5) is 52.4. The quantitative estimate of drug-likeness (QED) is 0.342. The summed E-state index contributed by atoms with van der Waals surface area (Å²) < 4.78 is 5.15. The second-order valence-electron chi connectivity index (χ2n) is 8.75. The largest absolute Gasteiger partial charge is 0.459 e. The maximum atomic E-state index is 13.1. The number of rotatable bonds is 5. The fourth-order valence-electron chi connectivity index (χ4n) is 5.09. The van der Waals surface area contributed by atoms with Crippen LogP contribution in [0.5, 0.6) is 0 Å². The van der Waals surface area contributed by atoms with Crippen LogP contribution in [0.3, 0.4) is 0 Å². The van der Waals surface area contributed by atoms with Crippen molar-refractivity contribution in [2.75, 3.05) is 5.32 Å². The highest BCUT2D eigenvalue weighted by Crippen LogP contribution is 2.60. The van der Waals surface area contributed by atoms with E-state index in [4.69, 9.17) is 4.74 Å². The number of benzene rings is 1. The molecule has 7 nitrogen and oxygen atoms in total. The van der Waals surface area contributed by atoms with Crippen molar-refractivity contribution in [1.29, 1.82) is 0 Å². The molecule has 2 saturated carbocycles. The van der Waals surface area contributed by atoms with Crippen molar-refractivity contribution in [1.82, 2.24) is 4.90 Å². The number of anilines is 1. The molecule has 3 aliphatic rings. The molecule has 1 aromatic rings. The second kappa shape index (κ2) is 8.31. The molecule has 7 atom stereocenters. The molecule has 2 aliphatic carbocycles. The first-order valence-electron chi connectivity index (χ1n) is 10.4. The second-order valence-corrected chi connectivity index (χ2v) is 10.9. The lowest BCUT2D eigenvalue weighted by Gasteiger charge is -2.28. The highest BCUT2D eigenvalue weighted by atomic mass is 79.9. The number of fused-ring (bicyclic) bond motifs is 5. The molecule has 4 rings (SSSR count). The van der Waals surface area contributed by atoms with Gasteiger partial charge in [-0.1, -0.05) is 31.9 Å². The summed E-state index contributed by atoms with van der Waals surface area (Å²) in [6.45, 7) is 5.11. The third-order valence-electron chi connectivity index (χ3n) is 6.52. The summed E-state index contributed by atoms with van der Waals surface area (Å²) in [6.07, 6.45) is 0.621. The lowest BCUT2D eigenvalue weighted by molar-refractivity contribution is -0.146. The predicted molar refractivity (Wildman–Crippen MR) is 121 cm³/mol. The lowest BCUT2D eigenvalue weighted by Crippen LogP contribution is -2.46. The Kier molecular flexibility index (Phi) is 6.02.